The molecule has 2 saturated carbocycles. The van der Waals surface area contributed by atoms with Crippen molar-refractivity contribution >= 4 is 0 Å². The first-order valence-electron chi connectivity index (χ1n) is 8.34. The second-order valence-corrected chi connectivity index (χ2v) is 7.70. The van der Waals surface area contributed by atoms with Gasteiger partial charge in [-0.1, -0.05) is 44.5 Å². The maximum absolute atomic E-state index is 10.9. The summed E-state index contributed by atoms with van der Waals surface area (Å²) < 4.78 is 0. The molecule has 0 saturated heterocycles. The van der Waals surface area contributed by atoms with Gasteiger partial charge in [0.05, 0.1) is 6.10 Å². The molecule has 0 heterocycles. The van der Waals surface area contributed by atoms with Crippen molar-refractivity contribution in [3.63, 3.8) is 0 Å². The standard InChI is InChI=1S/C19H28O/c1-19(2)12-10-15(11-13-19)18(20)17-9-4-3-8-16(17)14-6-5-7-14/h3-4,8-9,14-15,18,20H,5-7,10-13H2,1-2H3. The second-order valence-electron chi connectivity index (χ2n) is 7.70. The lowest BCUT2D eigenvalue weighted by atomic mass is 9.69. The van der Waals surface area contributed by atoms with E-state index in [2.05, 4.69) is 38.1 Å². The third-order valence-corrected chi connectivity index (χ3v) is 5.69. The van der Waals surface area contributed by atoms with Crippen LogP contribution in [0.3, 0.4) is 0 Å². The van der Waals surface area contributed by atoms with Gasteiger partial charge in [0.2, 0.25) is 0 Å². The summed E-state index contributed by atoms with van der Waals surface area (Å²) in [6.07, 6.45) is 8.57. The van der Waals surface area contributed by atoms with Crippen LogP contribution in [-0.2, 0) is 0 Å². The van der Waals surface area contributed by atoms with Crippen LogP contribution in [0, 0.1) is 11.3 Å². The minimum atomic E-state index is -0.247. The minimum Gasteiger partial charge on any atom is -0.388 e. The molecule has 0 aromatic heterocycles. The van der Waals surface area contributed by atoms with Crippen LogP contribution < -0.4 is 0 Å². The van der Waals surface area contributed by atoms with Crippen molar-refractivity contribution in [1.29, 1.82) is 0 Å². The first kappa shape index (κ1) is 14.1. The molecule has 1 aromatic carbocycles. The molecule has 1 atom stereocenters. The zero-order chi connectivity index (χ0) is 14.2. The van der Waals surface area contributed by atoms with E-state index in [1.165, 1.54) is 56.1 Å². The van der Waals surface area contributed by atoms with E-state index in [4.69, 9.17) is 0 Å². The van der Waals surface area contributed by atoms with E-state index in [9.17, 15) is 5.11 Å². The molecule has 0 radical (unpaired) electrons. The van der Waals surface area contributed by atoms with Gasteiger partial charge in [-0.3, -0.25) is 0 Å². The Kier molecular flexibility index (Phi) is 3.90. The number of aliphatic hydroxyl groups is 1. The van der Waals surface area contributed by atoms with Crippen LogP contribution in [0.1, 0.15) is 81.9 Å². The molecular formula is C19H28O. The van der Waals surface area contributed by atoms with Crippen LogP contribution in [-0.4, -0.2) is 5.11 Å². The molecule has 0 spiro atoms. The first-order chi connectivity index (χ1) is 9.57. The molecule has 0 bridgehead atoms. The number of hydrogen-bond donors (Lipinski definition) is 1. The van der Waals surface area contributed by atoms with Gasteiger partial charge < -0.3 is 5.11 Å². The van der Waals surface area contributed by atoms with Crippen LogP contribution in [0.25, 0.3) is 0 Å². The number of aliphatic hydroxyl groups excluding tert-OH is 1. The van der Waals surface area contributed by atoms with Crippen LogP contribution in [0.2, 0.25) is 0 Å². The summed E-state index contributed by atoms with van der Waals surface area (Å²) in [6, 6.07) is 8.63. The number of hydrogen-bond acceptors (Lipinski definition) is 1. The molecule has 3 rings (SSSR count). The van der Waals surface area contributed by atoms with Crippen molar-refractivity contribution in [1.82, 2.24) is 0 Å². The smallest absolute Gasteiger partial charge is 0.0820 e. The van der Waals surface area contributed by atoms with E-state index < -0.39 is 0 Å². The average molecular weight is 272 g/mol. The largest absolute Gasteiger partial charge is 0.388 e. The maximum Gasteiger partial charge on any atom is 0.0820 e. The lowest BCUT2D eigenvalue weighted by Crippen LogP contribution is -2.26. The summed E-state index contributed by atoms with van der Waals surface area (Å²) in [6.45, 7) is 4.72. The van der Waals surface area contributed by atoms with E-state index in [1.807, 2.05) is 0 Å². The highest BCUT2D eigenvalue weighted by molar-refractivity contribution is 5.33. The van der Waals surface area contributed by atoms with Gasteiger partial charge in [-0.2, -0.15) is 0 Å². The summed E-state index contributed by atoms with van der Waals surface area (Å²) in [4.78, 5) is 0. The molecule has 110 valence electrons. The molecule has 2 aliphatic carbocycles. The first-order valence-corrected chi connectivity index (χ1v) is 8.34. The molecular weight excluding hydrogens is 244 g/mol. The molecule has 1 heteroatoms. The van der Waals surface area contributed by atoms with Crippen molar-refractivity contribution in [3.05, 3.63) is 35.4 Å². The SMILES string of the molecule is CC1(C)CCC(C(O)c2ccccc2C2CCC2)CC1. The van der Waals surface area contributed by atoms with Crippen LogP contribution in [0.15, 0.2) is 24.3 Å². The second kappa shape index (κ2) is 5.52. The molecule has 0 amide bonds. The predicted molar refractivity (Wildman–Crippen MR) is 83.7 cm³/mol. The minimum absolute atomic E-state index is 0.247. The van der Waals surface area contributed by atoms with Gasteiger partial charge in [0, 0.05) is 0 Å². The lowest BCUT2D eigenvalue weighted by Gasteiger charge is -2.38. The van der Waals surface area contributed by atoms with E-state index in [1.54, 1.807) is 0 Å². The zero-order valence-electron chi connectivity index (χ0n) is 12.9. The summed E-state index contributed by atoms with van der Waals surface area (Å²) in [5.41, 5.74) is 3.13. The van der Waals surface area contributed by atoms with Crippen LogP contribution in [0.5, 0.6) is 0 Å². The highest BCUT2D eigenvalue weighted by Gasteiger charge is 2.33. The summed E-state index contributed by atoms with van der Waals surface area (Å²) in [5, 5.41) is 10.9. The molecule has 2 aliphatic rings. The summed E-state index contributed by atoms with van der Waals surface area (Å²) >= 11 is 0. The Morgan fingerprint density at radius 2 is 1.70 bits per heavy atom. The zero-order valence-corrected chi connectivity index (χ0v) is 12.9. The van der Waals surface area contributed by atoms with Gasteiger partial charge in [0.15, 0.2) is 0 Å². The van der Waals surface area contributed by atoms with Crippen LogP contribution >= 0.6 is 0 Å². The molecule has 1 nitrogen and oxygen atoms in total. The van der Waals surface area contributed by atoms with E-state index in [0.29, 0.717) is 17.3 Å². The topological polar surface area (TPSA) is 20.2 Å². The fourth-order valence-corrected chi connectivity index (χ4v) is 3.86. The van der Waals surface area contributed by atoms with Gasteiger partial charge in [0.1, 0.15) is 0 Å². The van der Waals surface area contributed by atoms with E-state index in [0.717, 1.165) is 0 Å². The van der Waals surface area contributed by atoms with Gasteiger partial charge in [-0.05, 0) is 66.9 Å². The van der Waals surface area contributed by atoms with Crippen molar-refractivity contribution in [3.8, 4) is 0 Å². The molecule has 1 aromatic rings. The molecule has 2 fully saturated rings. The van der Waals surface area contributed by atoms with Crippen molar-refractivity contribution < 1.29 is 5.11 Å². The van der Waals surface area contributed by atoms with Crippen molar-refractivity contribution in [2.24, 2.45) is 11.3 Å². The number of rotatable bonds is 3. The Labute approximate surface area is 123 Å². The van der Waals surface area contributed by atoms with Gasteiger partial charge in [-0.25, -0.2) is 0 Å². The molecule has 1 N–H and O–H groups in total. The fraction of sp³-hybridized carbons (Fsp3) is 0.684. The number of benzene rings is 1. The van der Waals surface area contributed by atoms with E-state index in [-0.39, 0.29) is 6.10 Å². The summed E-state index contributed by atoms with van der Waals surface area (Å²) in [7, 11) is 0. The van der Waals surface area contributed by atoms with Gasteiger partial charge >= 0.3 is 0 Å². The fourth-order valence-electron chi connectivity index (χ4n) is 3.86. The maximum atomic E-state index is 10.9. The predicted octanol–water partition coefficient (Wildman–Crippen LogP) is 5.20. The molecule has 20 heavy (non-hydrogen) atoms. The Morgan fingerprint density at radius 3 is 2.30 bits per heavy atom. The normalized spacial score (nSPS) is 25.1. The molecule has 1 unspecified atom stereocenters. The Bertz CT molecular complexity index is 449. The highest BCUT2D eigenvalue weighted by Crippen LogP contribution is 2.45. The highest BCUT2D eigenvalue weighted by atomic mass is 16.3. The Balaban J connectivity index is 1.75. The van der Waals surface area contributed by atoms with Crippen molar-refractivity contribution in [2.45, 2.75) is 70.8 Å². The average Bonchev–Trinajstić information content (AvgIpc) is 2.37. The summed E-state index contributed by atoms with van der Waals surface area (Å²) in [5.74, 6) is 1.17. The quantitative estimate of drug-likeness (QED) is 0.801. The Morgan fingerprint density at radius 1 is 1.05 bits per heavy atom. The third-order valence-electron chi connectivity index (χ3n) is 5.69. The van der Waals surface area contributed by atoms with Gasteiger partial charge in [-0.15, -0.1) is 0 Å². The van der Waals surface area contributed by atoms with Crippen molar-refractivity contribution in [2.75, 3.05) is 0 Å². The van der Waals surface area contributed by atoms with Gasteiger partial charge in [0.25, 0.3) is 0 Å². The van der Waals surface area contributed by atoms with Crippen LogP contribution in [0.4, 0.5) is 0 Å². The molecule has 0 aliphatic heterocycles. The lowest BCUT2D eigenvalue weighted by molar-refractivity contribution is 0.0556. The monoisotopic (exact) mass is 272 g/mol. The Hall–Kier alpha value is -0.820. The third kappa shape index (κ3) is 2.79. The van der Waals surface area contributed by atoms with E-state index >= 15 is 0 Å².